The third-order valence-corrected chi connectivity index (χ3v) is 9.06. The number of hydrogen-bond acceptors (Lipinski definition) is 4. The van der Waals surface area contributed by atoms with Gasteiger partial charge in [-0.2, -0.15) is 18.3 Å². The van der Waals surface area contributed by atoms with Crippen molar-refractivity contribution in [3.05, 3.63) is 77.0 Å². The molecule has 0 aliphatic carbocycles. The van der Waals surface area contributed by atoms with Crippen molar-refractivity contribution in [3.63, 3.8) is 0 Å². The highest BCUT2D eigenvalue weighted by Crippen LogP contribution is 2.44. The first kappa shape index (κ1) is 32.4. The summed E-state index contributed by atoms with van der Waals surface area (Å²) in [5.74, 6) is 0.519. The van der Waals surface area contributed by atoms with Gasteiger partial charge in [-0.1, -0.05) is 84.0 Å². The summed E-state index contributed by atoms with van der Waals surface area (Å²) in [6, 6.07) is 13.1. The van der Waals surface area contributed by atoms with E-state index in [1.165, 1.54) is 17.3 Å². The summed E-state index contributed by atoms with van der Waals surface area (Å²) in [6.07, 6.45) is -0.0946. The highest BCUT2D eigenvalue weighted by atomic mass is 19.4. The minimum absolute atomic E-state index is 0.0352. The number of nitrogens with zero attached hydrogens (tertiary/aromatic N) is 2. The van der Waals surface area contributed by atoms with Crippen LogP contribution in [0, 0.1) is 0 Å². The lowest BCUT2D eigenvalue weighted by molar-refractivity contribution is -0.173. The van der Waals surface area contributed by atoms with E-state index in [4.69, 9.17) is 4.74 Å². The van der Waals surface area contributed by atoms with Crippen LogP contribution in [0.1, 0.15) is 113 Å². The first-order chi connectivity index (χ1) is 20.3. The Balaban J connectivity index is 1.36. The fraction of sp³-hybridized carbons (Fsp3) is 0.529. The highest BCUT2D eigenvalue weighted by molar-refractivity contribution is 5.98. The Morgan fingerprint density at radius 2 is 1.72 bits per heavy atom. The lowest BCUT2D eigenvalue weighted by Crippen LogP contribution is -2.36. The van der Waals surface area contributed by atoms with Gasteiger partial charge in [0.1, 0.15) is 17.1 Å². The molecule has 2 heterocycles. The zero-order chi connectivity index (χ0) is 31.4. The molecule has 2 aromatic carbocycles. The van der Waals surface area contributed by atoms with Gasteiger partial charge in [-0.05, 0) is 53.7 Å². The molecule has 4 rings (SSSR count). The molecule has 0 saturated carbocycles. The topological polar surface area (TPSA) is 68.2 Å². The molecule has 0 fully saturated rings. The molecule has 0 spiro atoms. The largest absolute Gasteiger partial charge is 0.493 e. The Morgan fingerprint density at radius 3 is 2.37 bits per heavy atom. The molecule has 0 radical (unpaired) electrons. The van der Waals surface area contributed by atoms with Crippen molar-refractivity contribution in [1.82, 2.24) is 15.1 Å². The molecule has 1 aliphatic heterocycles. The number of unbranched alkanes of at least 4 members (excludes halogenated alkanes) is 1. The standard InChI is InChI=1S/C34H45F3N4O2/c1-7-32(3,4)24-16-17-28(26(20-24)33(5,6)8-2)43-19-13-12-18-38-31(42)25-22-39-41-29(34(35,36)37)21-27(40-30(25)41)23-14-10-9-11-15-23/h9-11,14-17,20,22,27,29,40H,7-8,12-13,18-19,21H2,1-6H3,(H,38,42). The molecular formula is C34H45F3N4O2. The Hall–Kier alpha value is -3.49. The van der Waals surface area contributed by atoms with Crippen LogP contribution in [0.25, 0.3) is 0 Å². The second-order valence-electron chi connectivity index (χ2n) is 12.7. The zero-order valence-electron chi connectivity index (χ0n) is 26.1. The van der Waals surface area contributed by atoms with Crippen LogP contribution in [0.5, 0.6) is 5.75 Å². The van der Waals surface area contributed by atoms with E-state index in [9.17, 15) is 18.0 Å². The van der Waals surface area contributed by atoms with E-state index in [0.717, 1.165) is 28.8 Å². The number of amides is 1. The average Bonchev–Trinajstić information content (AvgIpc) is 3.42. The van der Waals surface area contributed by atoms with Crippen LogP contribution in [0.4, 0.5) is 19.0 Å². The van der Waals surface area contributed by atoms with Gasteiger partial charge in [0.2, 0.25) is 0 Å². The number of alkyl halides is 3. The van der Waals surface area contributed by atoms with Crippen LogP contribution in [-0.2, 0) is 10.8 Å². The van der Waals surface area contributed by atoms with Crippen LogP contribution in [0.3, 0.4) is 0 Å². The molecule has 0 bridgehead atoms. The van der Waals surface area contributed by atoms with E-state index < -0.39 is 24.2 Å². The van der Waals surface area contributed by atoms with Gasteiger partial charge in [-0.25, -0.2) is 4.68 Å². The molecule has 3 aromatic rings. The molecule has 9 heteroatoms. The molecule has 2 N–H and O–H groups in total. The number of aromatic nitrogens is 2. The van der Waals surface area contributed by atoms with Gasteiger partial charge in [-0.3, -0.25) is 4.79 Å². The van der Waals surface area contributed by atoms with Crippen LogP contribution >= 0.6 is 0 Å². The lowest BCUT2D eigenvalue weighted by Gasteiger charge is -2.34. The van der Waals surface area contributed by atoms with Crippen molar-refractivity contribution < 1.29 is 22.7 Å². The zero-order valence-corrected chi connectivity index (χ0v) is 26.1. The van der Waals surface area contributed by atoms with Crippen molar-refractivity contribution in [2.24, 2.45) is 0 Å². The fourth-order valence-electron chi connectivity index (χ4n) is 5.34. The van der Waals surface area contributed by atoms with Crippen molar-refractivity contribution in [1.29, 1.82) is 0 Å². The number of carbonyl (C=O) groups excluding carboxylic acids is 1. The van der Waals surface area contributed by atoms with Gasteiger partial charge in [0.05, 0.1) is 18.8 Å². The van der Waals surface area contributed by atoms with E-state index in [-0.39, 0.29) is 28.6 Å². The molecule has 43 heavy (non-hydrogen) atoms. The van der Waals surface area contributed by atoms with Crippen LogP contribution in [0.15, 0.2) is 54.7 Å². The Bertz CT molecular complexity index is 1380. The van der Waals surface area contributed by atoms with Gasteiger partial charge in [0, 0.05) is 18.5 Å². The maximum atomic E-state index is 14.0. The minimum atomic E-state index is -4.50. The molecule has 2 unspecified atom stereocenters. The molecule has 2 atom stereocenters. The number of rotatable bonds is 12. The summed E-state index contributed by atoms with van der Waals surface area (Å²) in [7, 11) is 0. The number of halogens is 3. The summed E-state index contributed by atoms with van der Waals surface area (Å²) in [5, 5.41) is 9.94. The average molecular weight is 599 g/mol. The van der Waals surface area contributed by atoms with Crippen molar-refractivity contribution >= 4 is 11.7 Å². The number of anilines is 1. The molecular weight excluding hydrogens is 553 g/mol. The van der Waals surface area contributed by atoms with Crippen LogP contribution in [0.2, 0.25) is 0 Å². The number of ether oxygens (including phenoxy) is 1. The van der Waals surface area contributed by atoms with Crippen LogP contribution in [-0.4, -0.2) is 35.0 Å². The maximum absolute atomic E-state index is 14.0. The summed E-state index contributed by atoms with van der Waals surface area (Å²) in [6.45, 7) is 14.2. The fourth-order valence-corrected chi connectivity index (χ4v) is 5.34. The summed E-state index contributed by atoms with van der Waals surface area (Å²) >= 11 is 0. The normalized spacial score (nSPS) is 17.2. The number of benzene rings is 2. The maximum Gasteiger partial charge on any atom is 0.410 e. The van der Waals surface area contributed by atoms with E-state index in [1.807, 2.05) is 6.07 Å². The van der Waals surface area contributed by atoms with E-state index in [1.54, 1.807) is 24.3 Å². The molecule has 1 aromatic heterocycles. The molecule has 6 nitrogen and oxygen atoms in total. The van der Waals surface area contributed by atoms with E-state index in [0.29, 0.717) is 26.0 Å². The SMILES string of the molecule is CCC(C)(C)c1ccc(OCCCCNC(=O)c2cnn3c2NC(c2ccccc2)CC3C(F)(F)F)c(C(C)(C)CC)c1. The highest BCUT2D eigenvalue weighted by Gasteiger charge is 2.47. The first-order valence-electron chi connectivity index (χ1n) is 15.3. The Morgan fingerprint density at radius 1 is 1.02 bits per heavy atom. The van der Waals surface area contributed by atoms with E-state index >= 15 is 0 Å². The molecule has 1 amide bonds. The van der Waals surface area contributed by atoms with Crippen molar-refractivity contribution in [2.45, 2.75) is 103 Å². The molecule has 0 saturated heterocycles. The number of fused-ring (bicyclic) bond motifs is 1. The van der Waals surface area contributed by atoms with Crippen molar-refractivity contribution in [2.75, 3.05) is 18.5 Å². The second kappa shape index (κ2) is 13.0. The van der Waals surface area contributed by atoms with Gasteiger partial charge in [0.25, 0.3) is 5.91 Å². The predicted octanol–water partition coefficient (Wildman–Crippen LogP) is 8.51. The second-order valence-corrected chi connectivity index (χ2v) is 12.7. The van der Waals surface area contributed by atoms with Crippen molar-refractivity contribution in [3.8, 4) is 5.75 Å². The number of hydrogen-bond donors (Lipinski definition) is 2. The first-order valence-corrected chi connectivity index (χ1v) is 15.3. The Labute approximate surface area is 253 Å². The quantitative estimate of drug-likeness (QED) is 0.205. The van der Waals surface area contributed by atoms with Gasteiger partial charge < -0.3 is 15.4 Å². The Kier molecular flexibility index (Phi) is 9.82. The summed E-state index contributed by atoms with van der Waals surface area (Å²) in [5.41, 5.74) is 3.38. The van der Waals surface area contributed by atoms with E-state index in [2.05, 4.69) is 75.5 Å². The third-order valence-electron chi connectivity index (χ3n) is 9.06. The monoisotopic (exact) mass is 598 g/mol. The third kappa shape index (κ3) is 7.36. The summed E-state index contributed by atoms with van der Waals surface area (Å²) in [4.78, 5) is 13.0. The predicted molar refractivity (Wildman–Crippen MR) is 165 cm³/mol. The van der Waals surface area contributed by atoms with Crippen LogP contribution < -0.4 is 15.4 Å². The minimum Gasteiger partial charge on any atom is -0.493 e. The van der Waals surface area contributed by atoms with Gasteiger partial charge in [0.15, 0.2) is 6.04 Å². The number of carbonyl (C=O) groups is 1. The smallest absolute Gasteiger partial charge is 0.410 e. The molecule has 234 valence electrons. The lowest BCUT2D eigenvalue weighted by atomic mass is 9.76. The summed E-state index contributed by atoms with van der Waals surface area (Å²) < 4.78 is 49.0. The molecule has 1 aliphatic rings. The number of nitrogens with one attached hydrogen (secondary N) is 2. The van der Waals surface area contributed by atoms with Gasteiger partial charge in [-0.15, -0.1) is 0 Å². The van der Waals surface area contributed by atoms with Gasteiger partial charge >= 0.3 is 6.18 Å².